The average Bonchev–Trinajstić information content (AvgIpc) is 2.63. The number of benzene rings is 2. The predicted octanol–water partition coefficient (Wildman–Crippen LogP) is 3.31. The van der Waals surface area contributed by atoms with E-state index < -0.39 is 0 Å². The molecule has 124 valence electrons. The maximum Gasteiger partial charge on any atom is 0.248 e. The van der Waals surface area contributed by atoms with Gasteiger partial charge in [0.1, 0.15) is 5.82 Å². The van der Waals surface area contributed by atoms with Gasteiger partial charge in [0.2, 0.25) is 5.91 Å². The summed E-state index contributed by atoms with van der Waals surface area (Å²) < 4.78 is 18.2. The fourth-order valence-corrected chi connectivity index (χ4v) is 2.51. The Hall–Kier alpha value is -2.66. The molecule has 0 atom stereocenters. The second kappa shape index (κ2) is 7.75. The zero-order chi connectivity index (χ0) is 16.8. The monoisotopic (exact) mass is 326 g/mol. The van der Waals surface area contributed by atoms with Gasteiger partial charge in [0.15, 0.2) is 0 Å². The third-order valence-electron chi connectivity index (χ3n) is 3.81. The smallest absolute Gasteiger partial charge is 0.248 e. The highest BCUT2D eigenvalue weighted by atomic mass is 19.1. The standard InChI is InChI=1S/C19H19FN2O2/c20-16-4-1-15(2-5-16)3-10-19(23)21-17-6-8-18(9-7-17)22-11-13-24-14-12-22/h1-10H,11-14H2,(H,21,23). The number of carbonyl (C=O) groups excluding carboxylic acids is 1. The highest BCUT2D eigenvalue weighted by Gasteiger charge is 2.10. The van der Waals surface area contributed by atoms with Crippen LogP contribution in [0.5, 0.6) is 0 Å². The summed E-state index contributed by atoms with van der Waals surface area (Å²) in [5.74, 6) is -0.518. The van der Waals surface area contributed by atoms with Crippen LogP contribution in [0.25, 0.3) is 6.08 Å². The molecule has 2 aromatic carbocycles. The number of hydrogen-bond donors (Lipinski definition) is 1. The van der Waals surface area contributed by atoms with Gasteiger partial charge in [-0.3, -0.25) is 4.79 Å². The molecular formula is C19H19FN2O2. The molecule has 3 rings (SSSR count). The number of halogens is 1. The molecule has 1 amide bonds. The normalized spacial score (nSPS) is 14.8. The van der Waals surface area contributed by atoms with Crippen LogP contribution in [0.2, 0.25) is 0 Å². The van der Waals surface area contributed by atoms with Crippen molar-refractivity contribution in [2.45, 2.75) is 0 Å². The molecule has 0 aliphatic carbocycles. The first kappa shape index (κ1) is 16.2. The average molecular weight is 326 g/mol. The molecule has 0 radical (unpaired) electrons. The first-order valence-corrected chi connectivity index (χ1v) is 7.88. The van der Waals surface area contributed by atoms with Crippen LogP contribution in [0.3, 0.4) is 0 Å². The van der Waals surface area contributed by atoms with Gasteiger partial charge < -0.3 is 15.0 Å². The number of amides is 1. The van der Waals surface area contributed by atoms with Gasteiger partial charge in [-0.1, -0.05) is 12.1 Å². The number of carbonyl (C=O) groups is 1. The minimum absolute atomic E-state index is 0.224. The van der Waals surface area contributed by atoms with E-state index >= 15 is 0 Å². The van der Waals surface area contributed by atoms with E-state index in [0.717, 1.165) is 43.2 Å². The van der Waals surface area contributed by atoms with Crippen molar-refractivity contribution in [3.63, 3.8) is 0 Å². The van der Waals surface area contributed by atoms with E-state index in [2.05, 4.69) is 10.2 Å². The van der Waals surface area contributed by atoms with Gasteiger partial charge in [-0.05, 0) is 48.0 Å². The van der Waals surface area contributed by atoms with Crippen molar-refractivity contribution >= 4 is 23.4 Å². The topological polar surface area (TPSA) is 41.6 Å². The summed E-state index contributed by atoms with van der Waals surface area (Å²) >= 11 is 0. The summed E-state index contributed by atoms with van der Waals surface area (Å²) in [5, 5.41) is 2.81. The Morgan fingerprint density at radius 3 is 2.38 bits per heavy atom. The molecular weight excluding hydrogens is 307 g/mol. The van der Waals surface area contributed by atoms with Crippen LogP contribution in [-0.4, -0.2) is 32.2 Å². The summed E-state index contributed by atoms with van der Waals surface area (Å²) in [6.45, 7) is 3.25. The van der Waals surface area contributed by atoms with Gasteiger partial charge in [0.05, 0.1) is 13.2 Å². The van der Waals surface area contributed by atoms with Crippen molar-refractivity contribution < 1.29 is 13.9 Å². The first-order chi connectivity index (χ1) is 11.7. The molecule has 1 saturated heterocycles. The van der Waals surface area contributed by atoms with Gasteiger partial charge in [-0.25, -0.2) is 4.39 Å². The Labute approximate surface area is 140 Å². The van der Waals surface area contributed by atoms with Crippen molar-refractivity contribution in [1.29, 1.82) is 0 Å². The molecule has 0 spiro atoms. The molecule has 2 aromatic rings. The van der Waals surface area contributed by atoms with Gasteiger partial charge in [0.25, 0.3) is 0 Å². The van der Waals surface area contributed by atoms with E-state index in [0.29, 0.717) is 0 Å². The van der Waals surface area contributed by atoms with Crippen molar-refractivity contribution in [3.8, 4) is 0 Å². The lowest BCUT2D eigenvalue weighted by Crippen LogP contribution is -2.36. The second-order valence-electron chi connectivity index (χ2n) is 5.52. The lowest BCUT2D eigenvalue weighted by atomic mass is 10.2. The van der Waals surface area contributed by atoms with Gasteiger partial charge in [-0.15, -0.1) is 0 Å². The van der Waals surface area contributed by atoms with E-state index in [9.17, 15) is 9.18 Å². The van der Waals surface area contributed by atoms with Crippen molar-refractivity contribution in [3.05, 3.63) is 66.0 Å². The molecule has 1 heterocycles. The molecule has 5 heteroatoms. The zero-order valence-electron chi connectivity index (χ0n) is 13.2. The molecule has 0 saturated carbocycles. The van der Waals surface area contributed by atoms with E-state index in [1.807, 2.05) is 24.3 Å². The van der Waals surface area contributed by atoms with Crippen LogP contribution < -0.4 is 10.2 Å². The fraction of sp³-hybridized carbons (Fsp3) is 0.211. The minimum Gasteiger partial charge on any atom is -0.378 e. The maximum absolute atomic E-state index is 12.8. The van der Waals surface area contributed by atoms with Crippen LogP contribution in [-0.2, 0) is 9.53 Å². The number of nitrogens with one attached hydrogen (secondary N) is 1. The first-order valence-electron chi connectivity index (χ1n) is 7.88. The minimum atomic E-state index is -0.294. The predicted molar refractivity (Wildman–Crippen MR) is 93.5 cm³/mol. The Morgan fingerprint density at radius 2 is 1.71 bits per heavy atom. The molecule has 1 aliphatic rings. The third kappa shape index (κ3) is 4.43. The van der Waals surface area contributed by atoms with Crippen LogP contribution in [0.4, 0.5) is 15.8 Å². The lowest BCUT2D eigenvalue weighted by Gasteiger charge is -2.28. The van der Waals surface area contributed by atoms with Gasteiger partial charge >= 0.3 is 0 Å². The highest BCUT2D eigenvalue weighted by Crippen LogP contribution is 2.19. The zero-order valence-corrected chi connectivity index (χ0v) is 13.2. The number of ether oxygens (including phenoxy) is 1. The van der Waals surface area contributed by atoms with E-state index in [1.54, 1.807) is 18.2 Å². The summed E-state index contributed by atoms with van der Waals surface area (Å²) in [4.78, 5) is 14.2. The SMILES string of the molecule is O=C(C=Cc1ccc(F)cc1)Nc1ccc(N2CCOCC2)cc1. The van der Waals surface area contributed by atoms with Gasteiger partial charge in [-0.2, -0.15) is 0 Å². The fourth-order valence-electron chi connectivity index (χ4n) is 2.51. The van der Waals surface area contributed by atoms with E-state index in [1.165, 1.54) is 18.2 Å². The Morgan fingerprint density at radius 1 is 1.04 bits per heavy atom. The van der Waals surface area contributed by atoms with Crippen LogP contribution in [0.1, 0.15) is 5.56 Å². The molecule has 4 nitrogen and oxygen atoms in total. The molecule has 0 unspecified atom stereocenters. The number of anilines is 2. The summed E-state index contributed by atoms with van der Waals surface area (Å²) in [6.07, 6.45) is 3.08. The molecule has 1 N–H and O–H groups in total. The third-order valence-corrected chi connectivity index (χ3v) is 3.81. The summed E-state index contributed by atoms with van der Waals surface area (Å²) in [5.41, 5.74) is 2.63. The number of nitrogens with zero attached hydrogens (tertiary/aromatic N) is 1. The summed E-state index contributed by atoms with van der Waals surface area (Å²) in [7, 11) is 0. The molecule has 1 fully saturated rings. The van der Waals surface area contributed by atoms with Crippen molar-refractivity contribution in [1.82, 2.24) is 0 Å². The van der Waals surface area contributed by atoms with Crippen molar-refractivity contribution in [2.75, 3.05) is 36.5 Å². The molecule has 24 heavy (non-hydrogen) atoms. The van der Waals surface area contributed by atoms with E-state index in [-0.39, 0.29) is 11.7 Å². The van der Waals surface area contributed by atoms with Crippen LogP contribution >= 0.6 is 0 Å². The Balaban J connectivity index is 1.57. The lowest BCUT2D eigenvalue weighted by molar-refractivity contribution is -0.111. The van der Waals surface area contributed by atoms with Crippen LogP contribution in [0, 0.1) is 5.82 Å². The molecule has 1 aliphatic heterocycles. The van der Waals surface area contributed by atoms with Crippen LogP contribution in [0.15, 0.2) is 54.6 Å². The number of hydrogen-bond acceptors (Lipinski definition) is 3. The van der Waals surface area contributed by atoms with E-state index in [4.69, 9.17) is 4.74 Å². The maximum atomic E-state index is 12.8. The Bertz CT molecular complexity index is 705. The van der Waals surface area contributed by atoms with Crippen molar-refractivity contribution in [2.24, 2.45) is 0 Å². The largest absolute Gasteiger partial charge is 0.378 e. The molecule has 0 bridgehead atoms. The van der Waals surface area contributed by atoms with Gasteiger partial charge in [0, 0.05) is 30.5 Å². The number of rotatable bonds is 4. The highest BCUT2D eigenvalue weighted by molar-refractivity contribution is 6.02. The number of morpholine rings is 1. The second-order valence-corrected chi connectivity index (χ2v) is 5.52. The quantitative estimate of drug-likeness (QED) is 0.877. The summed E-state index contributed by atoms with van der Waals surface area (Å²) in [6, 6.07) is 13.7. The molecule has 0 aromatic heterocycles. The Kier molecular flexibility index (Phi) is 5.23.